The van der Waals surface area contributed by atoms with Crippen LogP contribution in [0.2, 0.25) is 5.02 Å². The molecule has 2 aliphatic heterocycles. The van der Waals surface area contributed by atoms with E-state index in [1.165, 1.54) is 0 Å². The van der Waals surface area contributed by atoms with Crippen LogP contribution in [0.1, 0.15) is 12.0 Å². The zero-order valence-electron chi connectivity index (χ0n) is 13.7. The van der Waals surface area contributed by atoms with E-state index in [4.69, 9.17) is 11.6 Å². The van der Waals surface area contributed by atoms with Gasteiger partial charge in [-0.25, -0.2) is 13.2 Å². The first-order valence-corrected chi connectivity index (χ1v) is 10.3. The van der Waals surface area contributed by atoms with Crippen LogP contribution in [0.25, 0.3) is 0 Å². The normalized spacial score (nSPS) is 24.1. The number of carbonyl (C=O) groups excluding carboxylic acids is 1. The third kappa shape index (κ3) is 3.84. The topological polar surface area (TPSA) is 69.7 Å². The second-order valence-electron chi connectivity index (χ2n) is 6.42. The number of hydrogen-bond acceptors (Lipinski definition) is 4. The predicted molar refractivity (Wildman–Crippen MR) is 95.4 cm³/mol. The number of carbonyl (C=O) groups is 1. The van der Waals surface area contributed by atoms with Crippen molar-refractivity contribution in [3.63, 3.8) is 0 Å². The summed E-state index contributed by atoms with van der Waals surface area (Å²) in [4.78, 5) is 16.4. The highest BCUT2D eigenvalue weighted by Gasteiger charge is 2.34. The minimum Gasteiger partial charge on any atom is -0.322 e. The summed E-state index contributed by atoms with van der Waals surface area (Å²) >= 11 is 6.08. The summed E-state index contributed by atoms with van der Waals surface area (Å²) in [5.41, 5.74) is 1.57. The molecule has 1 N–H and O–H groups in total. The van der Waals surface area contributed by atoms with Gasteiger partial charge in [0.2, 0.25) is 0 Å². The van der Waals surface area contributed by atoms with Gasteiger partial charge in [0.05, 0.1) is 11.5 Å². The molecule has 3 rings (SSSR count). The summed E-state index contributed by atoms with van der Waals surface area (Å²) < 4.78 is 23.2. The van der Waals surface area contributed by atoms with Gasteiger partial charge < -0.3 is 10.2 Å². The minimum atomic E-state index is -2.87. The SMILES string of the molecule is Cc1c(Cl)cccc1NC(=O)N1CCN(C2CCS(=O)(=O)C2)CC1. The summed E-state index contributed by atoms with van der Waals surface area (Å²) in [6, 6.07) is 5.40. The molecule has 132 valence electrons. The zero-order valence-corrected chi connectivity index (χ0v) is 15.2. The van der Waals surface area contributed by atoms with E-state index in [0.717, 1.165) is 11.3 Å². The predicted octanol–water partition coefficient (Wildman–Crippen LogP) is 1.99. The molecule has 1 unspecified atom stereocenters. The Hall–Kier alpha value is -1.31. The number of benzene rings is 1. The fourth-order valence-electron chi connectivity index (χ4n) is 3.29. The molecule has 0 spiro atoms. The van der Waals surface area contributed by atoms with Crippen LogP contribution in [0.4, 0.5) is 10.5 Å². The maximum absolute atomic E-state index is 12.4. The Labute approximate surface area is 147 Å². The van der Waals surface area contributed by atoms with Crippen LogP contribution in [-0.4, -0.2) is 68.0 Å². The smallest absolute Gasteiger partial charge is 0.321 e. The maximum atomic E-state index is 12.4. The molecular weight excluding hydrogens is 350 g/mol. The van der Waals surface area contributed by atoms with Crippen molar-refractivity contribution in [2.75, 3.05) is 43.0 Å². The maximum Gasteiger partial charge on any atom is 0.321 e. The fourth-order valence-corrected chi connectivity index (χ4v) is 5.23. The van der Waals surface area contributed by atoms with Gasteiger partial charge in [0, 0.05) is 42.9 Å². The average molecular weight is 372 g/mol. The van der Waals surface area contributed by atoms with Gasteiger partial charge in [-0.05, 0) is 31.0 Å². The van der Waals surface area contributed by atoms with Crippen LogP contribution in [0.5, 0.6) is 0 Å². The molecule has 0 aromatic heterocycles. The quantitative estimate of drug-likeness (QED) is 0.863. The van der Waals surface area contributed by atoms with E-state index >= 15 is 0 Å². The summed E-state index contributed by atoms with van der Waals surface area (Å²) in [5, 5.41) is 3.53. The molecule has 2 fully saturated rings. The number of nitrogens with one attached hydrogen (secondary N) is 1. The van der Waals surface area contributed by atoms with Crippen LogP contribution >= 0.6 is 11.6 Å². The van der Waals surface area contributed by atoms with E-state index in [-0.39, 0.29) is 23.6 Å². The van der Waals surface area contributed by atoms with Crippen molar-refractivity contribution in [2.45, 2.75) is 19.4 Å². The molecule has 0 aliphatic carbocycles. The van der Waals surface area contributed by atoms with Crippen LogP contribution in [0.15, 0.2) is 18.2 Å². The molecule has 2 aliphatic rings. The summed E-state index contributed by atoms with van der Waals surface area (Å²) in [7, 11) is -2.87. The van der Waals surface area contributed by atoms with Crippen LogP contribution in [-0.2, 0) is 9.84 Å². The monoisotopic (exact) mass is 371 g/mol. The number of sulfone groups is 1. The number of anilines is 1. The number of amides is 2. The fraction of sp³-hybridized carbons (Fsp3) is 0.562. The van der Waals surface area contributed by atoms with E-state index in [0.29, 0.717) is 37.6 Å². The van der Waals surface area contributed by atoms with Crippen molar-refractivity contribution < 1.29 is 13.2 Å². The first-order chi connectivity index (χ1) is 11.4. The molecule has 1 aromatic rings. The van der Waals surface area contributed by atoms with E-state index in [1.54, 1.807) is 11.0 Å². The second-order valence-corrected chi connectivity index (χ2v) is 9.06. The number of urea groups is 1. The molecule has 2 amide bonds. The third-order valence-corrected chi connectivity index (χ3v) is 7.00. The van der Waals surface area contributed by atoms with Gasteiger partial charge >= 0.3 is 6.03 Å². The van der Waals surface area contributed by atoms with Crippen molar-refractivity contribution >= 4 is 33.2 Å². The van der Waals surface area contributed by atoms with E-state index < -0.39 is 9.84 Å². The Balaban J connectivity index is 1.55. The van der Waals surface area contributed by atoms with Gasteiger partial charge in [0.1, 0.15) is 0 Å². The van der Waals surface area contributed by atoms with Gasteiger partial charge in [-0.3, -0.25) is 4.90 Å². The standard InChI is InChI=1S/C16H22ClN3O3S/c1-12-14(17)3-2-4-15(12)18-16(21)20-8-6-19(7-9-20)13-5-10-24(22,23)11-13/h2-4,13H,5-11H2,1H3,(H,18,21). The highest BCUT2D eigenvalue weighted by Crippen LogP contribution is 2.24. The Kier molecular flexibility index (Phi) is 5.03. The van der Waals surface area contributed by atoms with Crippen molar-refractivity contribution in [3.05, 3.63) is 28.8 Å². The molecular formula is C16H22ClN3O3S. The first kappa shape index (κ1) is 17.5. The minimum absolute atomic E-state index is 0.107. The summed E-state index contributed by atoms with van der Waals surface area (Å²) in [6.07, 6.45) is 0.705. The number of rotatable bonds is 2. The Morgan fingerprint density at radius 3 is 2.58 bits per heavy atom. The molecule has 8 heteroatoms. The molecule has 6 nitrogen and oxygen atoms in total. The van der Waals surface area contributed by atoms with Gasteiger partial charge in [-0.2, -0.15) is 0 Å². The number of halogens is 1. The zero-order chi connectivity index (χ0) is 17.3. The third-order valence-electron chi connectivity index (χ3n) is 4.84. The van der Waals surface area contributed by atoms with E-state index in [1.807, 2.05) is 19.1 Å². The van der Waals surface area contributed by atoms with Gasteiger partial charge in [0.15, 0.2) is 9.84 Å². The lowest BCUT2D eigenvalue weighted by Gasteiger charge is -2.37. The number of hydrogen-bond donors (Lipinski definition) is 1. The van der Waals surface area contributed by atoms with Crippen LogP contribution < -0.4 is 5.32 Å². The molecule has 1 atom stereocenters. The first-order valence-electron chi connectivity index (χ1n) is 8.11. The molecule has 0 radical (unpaired) electrons. The summed E-state index contributed by atoms with van der Waals surface area (Å²) in [5.74, 6) is 0.535. The lowest BCUT2D eigenvalue weighted by molar-refractivity contribution is 0.121. The second kappa shape index (κ2) is 6.90. The lowest BCUT2D eigenvalue weighted by Crippen LogP contribution is -2.53. The van der Waals surface area contributed by atoms with Gasteiger partial charge in [-0.15, -0.1) is 0 Å². The Bertz CT molecular complexity index is 730. The Morgan fingerprint density at radius 2 is 1.96 bits per heavy atom. The number of piperazine rings is 1. The molecule has 2 saturated heterocycles. The van der Waals surface area contributed by atoms with Gasteiger partial charge in [-0.1, -0.05) is 17.7 Å². The summed E-state index contributed by atoms with van der Waals surface area (Å²) in [6.45, 7) is 4.49. The Morgan fingerprint density at radius 1 is 1.25 bits per heavy atom. The van der Waals surface area contributed by atoms with Gasteiger partial charge in [0.25, 0.3) is 0 Å². The van der Waals surface area contributed by atoms with Crippen molar-refractivity contribution in [1.29, 1.82) is 0 Å². The van der Waals surface area contributed by atoms with Crippen molar-refractivity contribution in [1.82, 2.24) is 9.80 Å². The molecule has 2 heterocycles. The van der Waals surface area contributed by atoms with E-state index in [9.17, 15) is 13.2 Å². The van der Waals surface area contributed by atoms with Crippen molar-refractivity contribution in [3.8, 4) is 0 Å². The number of nitrogens with zero attached hydrogens (tertiary/aromatic N) is 2. The van der Waals surface area contributed by atoms with Crippen molar-refractivity contribution in [2.24, 2.45) is 0 Å². The highest BCUT2D eigenvalue weighted by molar-refractivity contribution is 7.91. The molecule has 1 aromatic carbocycles. The molecule has 0 saturated carbocycles. The van der Waals surface area contributed by atoms with E-state index in [2.05, 4.69) is 10.2 Å². The molecule has 0 bridgehead atoms. The van der Waals surface area contributed by atoms with Crippen LogP contribution in [0, 0.1) is 6.92 Å². The average Bonchev–Trinajstić information content (AvgIpc) is 2.92. The molecule has 24 heavy (non-hydrogen) atoms. The lowest BCUT2D eigenvalue weighted by atomic mass is 10.2. The largest absolute Gasteiger partial charge is 0.322 e. The highest BCUT2D eigenvalue weighted by atomic mass is 35.5. The van der Waals surface area contributed by atoms with Crippen LogP contribution in [0.3, 0.4) is 0 Å².